The van der Waals surface area contributed by atoms with E-state index in [1.54, 1.807) is 0 Å². The number of ether oxygens (including phenoxy) is 1. The number of hydrogen-bond donors (Lipinski definition) is 2. The number of anilines is 2. The molecule has 4 N–H and O–H groups in total. The predicted octanol–water partition coefficient (Wildman–Crippen LogP) is 5.58. The lowest BCUT2D eigenvalue weighted by Gasteiger charge is -2.62. The van der Waals surface area contributed by atoms with Crippen LogP contribution in [0.5, 0.6) is 0 Å². The molecule has 194 valence electrons. The van der Waals surface area contributed by atoms with E-state index in [9.17, 15) is 9.18 Å². The second kappa shape index (κ2) is 9.33. The monoisotopic (exact) mass is 485 g/mol. The summed E-state index contributed by atoms with van der Waals surface area (Å²) in [6.07, 6.45) is 11.0. The first-order valence-electron chi connectivity index (χ1n) is 13.8. The van der Waals surface area contributed by atoms with Gasteiger partial charge in [-0.1, -0.05) is 20.3 Å². The average molecular weight is 486 g/mol. The number of fused-ring (bicyclic) bond motifs is 5. The second-order valence-corrected chi connectivity index (χ2v) is 12.7. The minimum atomic E-state index is -0.402. The van der Waals surface area contributed by atoms with Gasteiger partial charge in [0.05, 0.1) is 24.5 Å². The van der Waals surface area contributed by atoms with Crippen molar-refractivity contribution in [3.63, 3.8) is 0 Å². The van der Waals surface area contributed by atoms with Crippen LogP contribution in [-0.2, 0) is 9.53 Å². The minimum Gasteiger partial charge on any atom is -0.397 e. The number of hydrogen-bond acceptors (Lipinski definition) is 5. The van der Waals surface area contributed by atoms with Gasteiger partial charge < -0.3 is 15.5 Å². The van der Waals surface area contributed by atoms with E-state index in [0.29, 0.717) is 28.6 Å². The molecule has 0 bridgehead atoms. The smallest absolute Gasteiger partial charge is 0.157 e. The van der Waals surface area contributed by atoms with E-state index >= 15 is 0 Å². The molecule has 4 saturated carbocycles. The van der Waals surface area contributed by atoms with Gasteiger partial charge in [-0.25, -0.2) is 10.2 Å². The predicted molar refractivity (Wildman–Crippen MR) is 138 cm³/mol. The van der Waals surface area contributed by atoms with Crippen LogP contribution < -0.4 is 16.6 Å². The summed E-state index contributed by atoms with van der Waals surface area (Å²) >= 11 is 0. The summed E-state index contributed by atoms with van der Waals surface area (Å²) in [7, 11) is 1.88. The first kappa shape index (κ1) is 25.0. The van der Waals surface area contributed by atoms with Crippen molar-refractivity contribution in [2.45, 2.75) is 71.6 Å². The lowest BCUT2D eigenvalue weighted by Crippen LogP contribution is -2.56. The Bertz CT molecular complexity index is 956. The van der Waals surface area contributed by atoms with E-state index in [4.69, 9.17) is 16.3 Å². The van der Waals surface area contributed by atoms with E-state index in [1.807, 2.05) is 7.11 Å². The van der Waals surface area contributed by atoms with Crippen LogP contribution in [0.15, 0.2) is 18.2 Å². The number of Topliss-reactive ketones (excluding diaryl/α,β-unsaturated/α-hetero) is 1. The summed E-state index contributed by atoms with van der Waals surface area (Å²) in [5.74, 6) is 9.65. The third-order valence-electron chi connectivity index (χ3n) is 11.1. The molecular formula is C29H44FN3O2. The first-order chi connectivity index (χ1) is 16.7. The highest BCUT2D eigenvalue weighted by Crippen LogP contribution is 2.68. The standard InChI is InChI=1S/C29H44FN3O2/c1-18-10-13-29(17-35-3)19(14-18)4-6-21-22-7-8-24(28(22,2)12-11-23(21)29)27(34)16-33(32)26-15-20(30)5-9-25(26)31/h5,9,15,18-19,21-24H,4,6-8,10-14,16-17,31-32H2,1-3H3. The Morgan fingerprint density at radius 1 is 1.14 bits per heavy atom. The normalized spacial score (nSPS) is 40.5. The minimum absolute atomic E-state index is 0.0109. The summed E-state index contributed by atoms with van der Waals surface area (Å²) in [6.45, 7) is 5.77. The highest BCUT2D eigenvalue weighted by Gasteiger charge is 2.62. The third kappa shape index (κ3) is 4.09. The fourth-order valence-corrected chi connectivity index (χ4v) is 9.47. The molecule has 0 radical (unpaired) electrons. The molecule has 1 aromatic rings. The number of nitrogen functional groups attached to an aromatic ring is 1. The van der Waals surface area contributed by atoms with Crippen LogP contribution in [0.3, 0.4) is 0 Å². The van der Waals surface area contributed by atoms with Gasteiger partial charge in [0.2, 0.25) is 0 Å². The van der Waals surface area contributed by atoms with E-state index in [2.05, 4.69) is 13.8 Å². The number of nitrogens with two attached hydrogens (primary N) is 2. The Morgan fingerprint density at radius 2 is 1.94 bits per heavy atom. The lowest BCUT2D eigenvalue weighted by atomic mass is 9.44. The van der Waals surface area contributed by atoms with Crippen molar-refractivity contribution in [2.24, 2.45) is 52.2 Å². The van der Waals surface area contributed by atoms with Gasteiger partial charge in [-0.05, 0) is 104 Å². The van der Waals surface area contributed by atoms with Gasteiger partial charge in [0.15, 0.2) is 5.78 Å². The molecule has 0 saturated heterocycles. The molecule has 4 aliphatic carbocycles. The van der Waals surface area contributed by atoms with Crippen LogP contribution in [0.2, 0.25) is 0 Å². The Morgan fingerprint density at radius 3 is 2.71 bits per heavy atom. The first-order valence-corrected chi connectivity index (χ1v) is 13.8. The van der Waals surface area contributed by atoms with Crippen molar-refractivity contribution in [1.82, 2.24) is 0 Å². The van der Waals surface area contributed by atoms with Crippen LogP contribution >= 0.6 is 0 Å². The van der Waals surface area contributed by atoms with E-state index in [0.717, 1.165) is 43.6 Å². The van der Waals surface area contributed by atoms with Gasteiger partial charge in [0.25, 0.3) is 0 Å². The van der Waals surface area contributed by atoms with Gasteiger partial charge in [-0.15, -0.1) is 0 Å². The number of benzene rings is 1. The molecule has 8 unspecified atom stereocenters. The summed E-state index contributed by atoms with van der Waals surface area (Å²) in [6, 6.07) is 4.13. The van der Waals surface area contributed by atoms with Gasteiger partial charge in [0.1, 0.15) is 5.82 Å². The number of carbonyl (C=O) groups is 1. The Labute approximate surface area is 210 Å². The van der Waals surface area contributed by atoms with Crippen molar-refractivity contribution in [3.05, 3.63) is 24.0 Å². The molecule has 4 aliphatic rings. The van der Waals surface area contributed by atoms with Crippen molar-refractivity contribution >= 4 is 17.2 Å². The highest BCUT2D eigenvalue weighted by molar-refractivity contribution is 5.87. The molecule has 4 fully saturated rings. The van der Waals surface area contributed by atoms with Crippen molar-refractivity contribution in [3.8, 4) is 0 Å². The number of carbonyl (C=O) groups excluding carboxylic acids is 1. The van der Waals surface area contributed by atoms with Gasteiger partial charge in [-0.3, -0.25) is 4.79 Å². The lowest BCUT2D eigenvalue weighted by molar-refractivity contribution is -0.154. The number of ketones is 1. The van der Waals surface area contributed by atoms with Crippen molar-refractivity contribution in [2.75, 3.05) is 31.0 Å². The van der Waals surface area contributed by atoms with E-state index in [1.165, 1.54) is 61.7 Å². The third-order valence-corrected chi connectivity index (χ3v) is 11.1. The molecule has 6 heteroatoms. The zero-order valence-corrected chi connectivity index (χ0v) is 21.8. The summed E-state index contributed by atoms with van der Waals surface area (Å²) in [5.41, 5.74) is 7.14. The molecule has 5 rings (SSSR count). The molecule has 5 nitrogen and oxygen atoms in total. The molecule has 0 spiro atoms. The van der Waals surface area contributed by atoms with Crippen LogP contribution in [0, 0.1) is 52.2 Å². The Balaban J connectivity index is 1.34. The number of hydrazine groups is 1. The maximum absolute atomic E-state index is 13.8. The number of rotatable bonds is 6. The molecule has 1 aromatic carbocycles. The Hall–Kier alpha value is -1.66. The van der Waals surface area contributed by atoms with Crippen LogP contribution in [0.4, 0.5) is 15.8 Å². The fourth-order valence-electron chi connectivity index (χ4n) is 9.47. The molecule has 0 aliphatic heterocycles. The van der Waals surface area contributed by atoms with Gasteiger partial charge in [-0.2, -0.15) is 0 Å². The zero-order chi connectivity index (χ0) is 25.0. The molecule has 35 heavy (non-hydrogen) atoms. The molecule has 8 atom stereocenters. The summed E-state index contributed by atoms with van der Waals surface area (Å²) in [5, 5.41) is 1.34. The number of halogens is 1. The van der Waals surface area contributed by atoms with Crippen molar-refractivity contribution in [1.29, 1.82) is 0 Å². The number of nitrogens with zero attached hydrogens (tertiary/aromatic N) is 1. The van der Waals surface area contributed by atoms with Crippen LogP contribution in [-0.4, -0.2) is 26.0 Å². The second-order valence-electron chi connectivity index (χ2n) is 12.7. The summed E-state index contributed by atoms with van der Waals surface area (Å²) in [4.78, 5) is 13.6. The zero-order valence-electron chi connectivity index (χ0n) is 21.8. The Kier molecular flexibility index (Phi) is 6.67. The highest BCUT2D eigenvalue weighted by atomic mass is 19.1. The molecule has 0 heterocycles. The SMILES string of the molecule is COCC12CCC(C)CC1CCC1C3CCC(C(=O)CN(N)c4cc(F)ccc4N)C3(C)CCC12. The quantitative estimate of drug-likeness (QED) is 0.312. The van der Waals surface area contributed by atoms with Gasteiger partial charge in [0, 0.05) is 19.1 Å². The fraction of sp³-hybridized carbons (Fsp3) is 0.759. The van der Waals surface area contributed by atoms with Gasteiger partial charge >= 0.3 is 0 Å². The van der Waals surface area contributed by atoms with Crippen molar-refractivity contribution < 1.29 is 13.9 Å². The maximum Gasteiger partial charge on any atom is 0.157 e. The summed E-state index contributed by atoms with van der Waals surface area (Å²) < 4.78 is 19.7. The topological polar surface area (TPSA) is 81.6 Å². The number of methoxy groups -OCH3 is 1. The molecule has 0 aromatic heterocycles. The van der Waals surface area contributed by atoms with Crippen LogP contribution in [0.25, 0.3) is 0 Å². The maximum atomic E-state index is 13.8. The average Bonchev–Trinajstić information content (AvgIpc) is 3.18. The molecule has 0 amide bonds. The van der Waals surface area contributed by atoms with E-state index < -0.39 is 5.82 Å². The largest absolute Gasteiger partial charge is 0.397 e. The molecular weight excluding hydrogens is 441 g/mol. The van der Waals surface area contributed by atoms with Crippen LogP contribution in [0.1, 0.15) is 71.6 Å². The van der Waals surface area contributed by atoms with E-state index in [-0.39, 0.29) is 23.7 Å².